The van der Waals surface area contributed by atoms with Gasteiger partial charge in [-0.15, -0.1) is 15.3 Å². The zero-order valence-electron chi connectivity index (χ0n) is 8.57. The summed E-state index contributed by atoms with van der Waals surface area (Å²) in [6.45, 7) is 0.454. The molecule has 86 valence electrons. The second-order valence-corrected chi connectivity index (χ2v) is 3.36. The van der Waals surface area contributed by atoms with E-state index in [1.165, 1.54) is 0 Å². The molecule has 9 heteroatoms. The van der Waals surface area contributed by atoms with Gasteiger partial charge in [-0.1, -0.05) is 10.1 Å². The number of H-pyrrole nitrogens is 1. The summed E-state index contributed by atoms with van der Waals surface area (Å²) in [6.07, 6.45) is 0. The molecule has 0 aliphatic carbocycles. The van der Waals surface area contributed by atoms with E-state index in [4.69, 9.17) is 0 Å². The quantitative estimate of drug-likeness (QED) is 0.535. The summed E-state index contributed by atoms with van der Waals surface area (Å²) in [5.74, 6) is 0.566. The fourth-order valence-corrected chi connectivity index (χ4v) is 1.46. The minimum Gasteiger partial charge on any atom is -0.410 e. The first-order valence-corrected chi connectivity index (χ1v) is 4.84. The van der Waals surface area contributed by atoms with Gasteiger partial charge in [0.2, 0.25) is 0 Å². The van der Waals surface area contributed by atoms with Crippen molar-refractivity contribution in [2.75, 3.05) is 5.32 Å². The Balaban J connectivity index is 1.81. The topological polar surface area (TPSA) is 117 Å². The Bertz CT molecular complexity index is 630. The molecule has 0 radical (unpaired) electrons. The van der Waals surface area contributed by atoms with Crippen molar-refractivity contribution in [3.05, 3.63) is 24.0 Å². The molecule has 1 aromatic carbocycles. The van der Waals surface area contributed by atoms with Crippen LogP contribution in [0.2, 0.25) is 0 Å². The van der Waals surface area contributed by atoms with Crippen LogP contribution in [0.4, 0.5) is 5.69 Å². The van der Waals surface area contributed by atoms with Gasteiger partial charge in [0, 0.05) is 5.69 Å². The predicted octanol–water partition coefficient (Wildman–Crippen LogP) is -0.206. The van der Waals surface area contributed by atoms with Gasteiger partial charge in [-0.05, 0) is 23.4 Å². The third kappa shape index (κ3) is 1.73. The van der Waals surface area contributed by atoms with Gasteiger partial charge in [-0.2, -0.15) is 5.21 Å². The van der Waals surface area contributed by atoms with E-state index in [0.29, 0.717) is 23.4 Å². The molecule has 9 nitrogen and oxygen atoms in total. The number of hydrogen-bond acceptors (Lipinski definition) is 7. The van der Waals surface area contributed by atoms with Crippen molar-refractivity contribution in [2.45, 2.75) is 6.54 Å². The molecule has 0 spiro atoms. The summed E-state index contributed by atoms with van der Waals surface area (Å²) in [5.41, 5.74) is 1.99. The number of hydrogen-bond donors (Lipinski definition) is 3. The third-order valence-corrected chi connectivity index (χ3v) is 2.27. The van der Waals surface area contributed by atoms with Crippen LogP contribution in [0.25, 0.3) is 11.0 Å². The molecule has 2 heterocycles. The molecule has 2 aromatic heterocycles. The normalized spacial score (nSPS) is 10.8. The average molecular weight is 232 g/mol. The second kappa shape index (κ2) is 3.70. The molecule has 17 heavy (non-hydrogen) atoms. The zero-order chi connectivity index (χ0) is 11.7. The van der Waals surface area contributed by atoms with Crippen molar-refractivity contribution in [2.24, 2.45) is 0 Å². The molecule has 0 aliphatic heterocycles. The van der Waals surface area contributed by atoms with Crippen LogP contribution in [0, 0.1) is 0 Å². The lowest BCUT2D eigenvalue weighted by Crippen LogP contribution is -2.01. The zero-order valence-corrected chi connectivity index (χ0v) is 8.57. The minimum atomic E-state index is 0.454. The van der Waals surface area contributed by atoms with E-state index in [1.54, 1.807) is 18.2 Å². The summed E-state index contributed by atoms with van der Waals surface area (Å²) in [5, 5.41) is 33.1. The summed E-state index contributed by atoms with van der Waals surface area (Å²) in [4.78, 5) is 0.734. The number of aromatic nitrogens is 7. The van der Waals surface area contributed by atoms with Crippen molar-refractivity contribution in [1.29, 1.82) is 0 Å². The van der Waals surface area contributed by atoms with Gasteiger partial charge in [0.1, 0.15) is 11.0 Å². The van der Waals surface area contributed by atoms with Crippen LogP contribution in [0.5, 0.6) is 0 Å². The first kappa shape index (κ1) is 9.51. The van der Waals surface area contributed by atoms with Crippen molar-refractivity contribution in [1.82, 2.24) is 35.8 Å². The Kier molecular flexibility index (Phi) is 2.07. The fourth-order valence-electron chi connectivity index (χ4n) is 1.46. The Morgan fingerprint density at radius 2 is 2.29 bits per heavy atom. The van der Waals surface area contributed by atoms with Crippen LogP contribution < -0.4 is 5.32 Å². The van der Waals surface area contributed by atoms with Crippen molar-refractivity contribution in [3.63, 3.8) is 0 Å². The molecule has 0 unspecified atom stereocenters. The monoisotopic (exact) mass is 232 g/mol. The number of nitrogens with zero attached hydrogens (tertiary/aromatic N) is 6. The number of rotatable bonds is 3. The molecule has 3 N–H and O–H groups in total. The number of fused-ring (bicyclic) bond motifs is 1. The standard InChI is InChI=1S/C8H8N8O/c17-16-7-2-1-5(3-6(7)10-15-16)9-4-8-11-13-14-12-8/h1-3,9,17H,4H2,(H,11,12,13,14). The highest BCUT2D eigenvalue weighted by molar-refractivity contribution is 5.78. The molecule has 0 aliphatic rings. The lowest BCUT2D eigenvalue weighted by atomic mass is 10.3. The first-order chi connectivity index (χ1) is 8.33. The van der Waals surface area contributed by atoms with Gasteiger partial charge in [-0.3, -0.25) is 0 Å². The highest BCUT2D eigenvalue weighted by atomic mass is 16.5. The Morgan fingerprint density at radius 1 is 1.35 bits per heavy atom. The summed E-state index contributed by atoms with van der Waals surface area (Å²) in [6, 6.07) is 5.29. The number of aromatic amines is 1. The van der Waals surface area contributed by atoms with E-state index in [0.717, 1.165) is 10.5 Å². The smallest absolute Gasteiger partial charge is 0.193 e. The van der Waals surface area contributed by atoms with Crippen LogP contribution in [0.15, 0.2) is 18.2 Å². The highest BCUT2D eigenvalue weighted by Crippen LogP contribution is 2.16. The van der Waals surface area contributed by atoms with Gasteiger partial charge in [-0.25, -0.2) is 0 Å². The van der Waals surface area contributed by atoms with Crippen LogP contribution in [0.3, 0.4) is 0 Å². The van der Waals surface area contributed by atoms with Gasteiger partial charge in [0.25, 0.3) is 0 Å². The molecule has 0 fully saturated rings. The summed E-state index contributed by atoms with van der Waals surface area (Å²) >= 11 is 0. The van der Waals surface area contributed by atoms with E-state index in [1.807, 2.05) is 0 Å². The molecule has 0 saturated carbocycles. The first-order valence-electron chi connectivity index (χ1n) is 4.84. The largest absolute Gasteiger partial charge is 0.410 e. The Labute approximate surface area is 94.4 Å². The summed E-state index contributed by atoms with van der Waals surface area (Å²) < 4.78 is 0. The number of nitrogens with one attached hydrogen (secondary N) is 2. The number of anilines is 1. The molecule has 0 atom stereocenters. The molecule has 0 amide bonds. The lowest BCUT2D eigenvalue weighted by Gasteiger charge is -2.02. The average Bonchev–Trinajstić information content (AvgIpc) is 2.97. The SMILES string of the molecule is On1nnc2cc(NCc3nn[nH]n3)ccc21. The second-order valence-electron chi connectivity index (χ2n) is 3.36. The molecular weight excluding hydrogens is 224 g/mol. The minimum absolute atomic E-state index is 0.454. The number of tetrazole rings is 1. The van der Waals surface area contributed by atoms with Crippen molar-refractivity contribution >= 4 is 16.7 Å². The summed E-state index contributed by atoms with van der Waals surface area (Å²) in [7, 11) is 0. The molecular formula is C8H8N8O. The Morgan fingerprint density at radius 3 is 3.12 bits per heavy atom. The van der Waals surface area contributed by atoms with Gasteiger partial charge in [0.05, 0.1) is 6.54 Å². The molecule has 0 bridgehead atoms. The maximum absolute atomic E-state index is 9.27. The van der Waals surface area contributed by atoms with Gasteiger partial charge < -0.3 is 10.5 Å². The van der Waals surface area contributed by atoms with Crippen LogP contribution in [-0.4, -0.2) is 41.0 Å². The van der Waals surface area contributed by atoms with Gasteiger partial charge in [0.15, 0.2) is 5.82 Å². The van der Waals surface area contributed by atoms with E-state index >= 15 is 0 Å². The molecule has 3 aromatic rings. The number of benzene rings is 1. The van der Waals surface area contributed by atoms with E-state index in [9.17, 15) is 5.21 Å². The lowest BCUT2D eigenvalue weighted by molar-refractivity contribution is 0.155. The van der Waals surface area contributed by atoms with E-state index in [2.05, 4.69) is 36.3 Å². The third-order valence-electron chi connectivity index (χ3n) is 2.27. The molecule has 3 rings (SSSR count). The molecule has 0 saturated heterocycles. The van der Waals surface area contributed by atoms with Crippen molar-refractivity contribution < 1.29 is 5.21 Å². The highest BCUT2D eigenvalue weighted by Gasteiger charge is 2.04. The van der Waals surface area contributed by atoms with Crippen LogP contribution in [0.1, 0.15) is 5.82 Å². The fraction of sp³-hybridized carbons (Fsp3) is 0.125. The predicted molar refractivity (Wildman–Crippen MR) is 56.2 cm³/mol. The Hall–Kier alpha value is -2.71. The van der Waals surface area contributed by atoms with E-state index < -0.39 is 0 Å². The van der Waals surface area contributed by atoms with Crippen molar-refractivity contribution in [3.8, 4) is 0 Å². The van der Waals surface area contributed by atoms with E-state index in [-0.39, 0.29) is 0 Å². The maximum Gasteiger partial charge on any atom is 0.193 e. The van der Waals surface area contributed by atoms with Crippen LogP contribution in [-0.2, 0) is 6.54 Å². The van der Waals surface area contributed by atoms with Gasteiger partial charge >= 0.3 is 0 Å². The van der Waals surface area contributed by atoms with Crippen LogP contribution >= 0.6 is 0 Å². The maximum atomic E-state index is 9.27.